The predicted octanol–water partition coefficient (Wildman–Crippen LogP) is 5.03. The molecule has 0 amide bonds. The third-order valence-corrected chi connectivity index (χ3v) is 3.84. The van der Waals surface area contributed by atoms with Crippen molar-refractivity contribution < 1.29 is 19.4 Å². The highest BCUT2D eigenvalue weighted by Gasteiger charge is 2.12. The summed E-state index contributed by atoms with van der Waals surface area (Å²) in [5.74, 6) is 1.34. The second kappa shape index (κ2) is 6.32. The fourth-order valence-electron chi connectivity index (χ4n) is 2.66. The Labute approximate surface area is 140 Å². The van der Waals surface area contributed by atoms with Gasteiger partial charge in [0.1, 0.15) is 28.6 Å². The molecule has 4 nitrogen and oxygen atoms in total. The number of ether oxygens (including phenoxy) is 1. The number of furan rings is 1. The monoisotopic (exact) mass is 324 g/mol. The molecule has 0 aliphatic rings. The first-order valence-corrected chi connectivity index (χ1v) is 7.73. The lowest BCUT2D eigenvalue weighted by molar-refractivity contribution is 0.410. The minimum Gasteiger partial charge on any atom is -0.508 e. The minimum absolute atomic E-state index is 0.00714. The Bertz CT molecular complexity index is 895. The molecular formula is C20H20O4. The van der Waals surface area contributed by atoms with Gasteiger partial charge in [-0.1, -0.05) is 11.6 Å². The van der Waals surface area contributed by atoms with Gasteiger partial charge in [-0.3, -0.25) is 0 Å². The van der Waals surface area contributed by atoms with E-state index in [0.717, 1.165) is 23.1 Å². The second-order valence-corrected chi connectivity index (χ2v) is 6.04. The lowest BCUT2D eigenvalue weighted by Crippen LogP contribution is -1.90. The fraction of sp³-hybridized carbons (Fsp3) is 0.200. The number of phenolic OH excluding ortho intramolecular Hbond substituents is 2. The SMILES string of the molecule is COc1cc2oc(-c3cc(O)cc(O)c3)cc2cc1CC=C(C)C. The highest BCUT2D eigenvalue weighted by molar-refractivity contribution is 5.85. The highest BCUT2D eigenvalue weighted by Crippen LogP contribution is 2.35. The summed E-state index contributed by atoms with van der Waals surface area (Å²) in [5.41, 5.74) is 3.65. The molecule has 124 valence electrons. The number of methoxy groups -OCH3 is 1. The molecule has 0 saturated carbocycles. The van der Waals surface area contributed by atoms with Gasteiger partial charge in [0.15, 0.2) is 0 Å². The summed E-state index contributed by atoms with van der Waals surface area (Å²) in [6, 6.07) is 10.2. The van der Waals surface area contributed by atoms with Gasteiger partial charge in [0.2, 0.25) is 0 Å². The van der Waals surface area contributed by atoms with Crippen LogP contribution in [0.1, 0.15) is 19.4 Å². The molecule has 0 fully saturated rings. The van der Waals surface area contributed by atoms with Crippen LogP contribution in [-0.2, 0) is 6.42 Å². The maximum Gasteiger partial charge on any atom is 0.138 e. The lowest BCUT2D eigenvalue weighted by Gasteiger charge is -2.06. The Kier molecular flexibility index (Phi) is 4.21. The van der Waals surface area contributed by atoms with Gasteiger partial charge in [0, 0.05) is 23.1 Å². The summed E-state index contributed by atoms with van der Waals surface area (Å²) in [6.45, 7) is 4.13. The van der Waals surface area contributed by atoms with Crippen molar-refractivity contribution in [1.82, 2.24) is 0 Å². The molecule has 3 rings (SSSR count). The van der Waals surface area contributed by atoms with E-state index in [-0.39, 0.29) is 11.5 Å². The summed E-state index contributed by atoms with van der Waals surface area (Å²) in [6.07, 6.45) is 2.94. The average molecular weight is 324 g/mol. The van der Waals surface area contributed by atoms with E-state index in [0.29, 0.717) is 16.9 Å². The summed E-state index contributed by atoms with van der Waals surface area (Å²) < 4.78 is 11.3. The van der Waals surface area contributed by atoms with Crippen molar-refractivity contribution in [2.45, 2.75) is 20.3 Å². The van der Waals surface area contributed by atoms with E-state index in [4.69, 9.17) is 9.15 Å². The Balaban J connectivity index is 2.09. The highest BCUT2D eigenvalue weighted by atomic mass is 16.5. The largest absolute Gasteiger partial charge is 0.508 e. The molecule has 0 saturated heterocycles. The summed E-state index contributed by atoms with van der Waals surface area (Å²) in [4.78, 5) is 0. The number of aromatic hydroxyl groups is 2. The van der Waals surface area contributed by atoms with Crippen LogP contribution in [0.2, 0.25) is 0 Å². The number of benzene rings is 2. The topological polar surface area (TPSA) is 62.8 Å². The molecule has 2 N–H and O–H groups in total. The van der Waals surface area contributed by atoms with Crippen LogP contribution in [0.4, 0.5) is 0 Å². The van der Waals surface area contributed by atoms with E-state index in [9.17, 15) is 10.2 Å². The van der Waals surface area contributed by atoms with E-state index in [1.807, 2.05) is 18.2 Å². The van der Waals surface area contributed by atoms with Crippen molar-refractivity contribution in [3.05, 3.63) is 53.6 Å². The zero-order valence-electron chi connectivity index (χ0n) is 14.0. The van der Waals surface area contributed by atoms with E-state index >= 15 is 0 Å². The van der Waals surface area contributed by atoms with Gasteiger partial charge in [0.25, 0.3) is 0 Å². The number of hydrogen-bond donors (Lipinski definition) is 2. The third-order valence-electron chi connectivity index (χ3n) is 3.84. The Morgan fingerprint density at radius 3 is 2.38 bits per heavy atom. The number of rotatable bonds is 4. The standard InChI is InChI=1S/C20H20O4/c1-12(2)4-5-13-6-14-9-19(24-20(14)11-18(13)23-3)15-7-16(21)10-17(22)8-15/h4,6-11,21-22H,5H2,1-3H3. The van der Waals surface area contributed by atoms with Crippen molar-refractivity contribution in [2.24, 2.45) is 0 Å². The first-order valence-electron chi connectivity index (χ1n) is 7.73. The molecule has 1 aromatic heterocycles. The Morgan fingerprint density at radius 2 is 1.75 bits per heavy atom. The molecule has 1 heterocycles. The number of hydrogen-bond acceptors (Lipinski definition) is 4. The fourth-order valence-corrected chi connectivity index (χ4v) is 2.66. The molecule has 4 heteroatoms. The van der Waals surface area contributed by atoms with E-state index in [1.54, 1.807) is 19.2 Å². The summed E-state index contributed by atoms with van der Waals surface area (Å²) >= 11 is 0. The zero-order chi connectivity index (χ0) is 17.3. The van der Waals surface area contributed by atoms with Crippen molar-refractivity contribution in [3.8, 4) is 28.6 Å². The van der Waals surface area contributed by atoms with Crippen molar-refractivity contribution in [2.75, 3.05) is 7.11 Å². The third kappa shape index (κ3) is 3.23. The Hall–Kier alpha value is -2.88. The van der Waals surface area contributed by atoms with Crippen LogP contribution in [0.25, 0.3) is 22.3 Å². The minimum atomic E-state index is -0.00714. The van der Waals surface area contributed by atoms with Crippen LogP contribution in [0.5, 0.6) is 17.2 Å². The molecule has 0 aliphatic carbocycles. The summed E-state index contributed by atoms with van der Waals surface area (Å²) in [5, 5.41) is 20.3. The average Bonchev–Trinajstić information content (AvgIpc) is 2.93. The van der Waals surface area contributed by atoms with Crippen LogP contribution in [0, 0.1) is 0 Å². The van der Waals surface area contributed by atoms with Crippen LogP contribution < -0.4 is 4.74 Å². The van der Waals surface area contributed by atoms with Crippen LogP contribution in [-0.4, -0.2) is 17.3 Å². The van der Waals surface area contributed by atoms with Crippen LogP contribution >= 0.6 is 0 Å². The first kappa shape index (κ1) is 16.0. The maximum atomic E-state index is 9.65. The second-order valence-electron chi connectivity index (χ2n) is 6.04. The first-order chi connectivity index (χ1) is 11.5. The van der Waals surface area contributed by atoms with Gasteiger partial charge in [-0.15, -0.1) is 0 Å². The molecule has 0 radical (unpaired) electrons. The maximum absolute atomic E-state index is 9.65. The van der Waals surface area contributed by atoms with Gasteiger partial charge in [-0.2, -0.15) is 0 Å². The van der Waals surface area contributed by atoms with E-state index in [1.165, 1.54) is 11.6 Å². The van der Waals surface area contributed by atoms with Gasteiger partial charge >= 0.3 is 0 Å². The molecule has 0 spiro atoms. The van der Waals surface area contributed by atoms with Crippen LogP contribution in [0.3, 0.4) is 0 Å². The quantitative estimate of drug-likeness (QED) is 0.661. The predicted molar refractivity (Wildman–Crippen MR) is 94.7 cm³/mol. The van der Waals surface area contributed by atoms with Gasteiger partial charge in [0.05, 0.1) is 7.11 Å². The lowest BCUT2D eigenvalue weighted by atomic mass is 10.1. The molecule has 0 bridgehead atoms. The molecular weight excluding hydrogens is 304 g/mol. The number of allylic oxidation sites excluding steroid dienone is 2. The van der Waals surface area contributed by atoms with E-state index < -0.39 is 0 Å². The van der Waals surface area contributed by atoms with Gasteiger partial charge < -0.3 is 19.4 Å². The van der Waals surface area contributed by atoms with Crippen molar-refractivity contribution in [1.29, 1.82) is 0 Å². The number of fused-ring (bicyclic) bond motifs is 1. The summed E-state index contributed by atoms with van der Waals surface area (Å²) in [7, 11) is 1.64. The van der Waals surface area contributed by atoms with Crippen molar-refractivity contribution >= 4 is 11.0 Å². The zero-order valence-corrected chi connectivity index (χ0v) is 14.0. The Morgan fingerprint density at radius 1 is 1.04 bits per heavy atom. The van der Waals surface area contributed by atoms with Gasteiger partial charge in [-0.05, 0) is 50.1 Å². The molecule has 2 aromatic carbocycles. The normalized spacial score (nSPS) is 10.8. The molecule has 0 aliphatic heterocycles. The number of phenols is 2. The van der Waals surface area contributed by atoms with Crippen molar-refractivity contribution in [3.63, 3.8) is 0 Å². The molecule has 3 aromatic rings. The molecule has 0 atom stereocenters. The smallest absolute Gasteiger partial charge is 0.138 e. The van der Waals surface area contributed by atoms with Crippen LogP contribution in [0.15, 0.2) is 52.5 Å². The van der Waals surface area contributed by atoms with E-state index in [2.05, 4.69) is 19.9 Å². The molecule has 0 unspecified atom stereocenters. The van der Waals surface area contributed by atoms with Gasteiger partial charge in [-0.25, -0.2) is 0 Å². The molecule has 24 heavy (non-hydrogen) atoms.